The van der Waals surface area contributed by atoms with E-state index in [0.29, 0.717) is 46.7 Å². The van der Waals surface area contributed by atoms with Crippen LogP contribution in [0.3, 0.4) is 0 Å². The highest BCUT2D eigenvalue weighted by Crippen LogP contribution is 2.31. The number of nitrogens with zero attached hydrogens (tertiary/aromatic N) is 4. The third kappa shape index (κ3) is 5.16. The van der Waals surface area contributed by atoms with Crippen molar-refractivity contribution >= 4 is 29.1 Å². The van der Waals surface area contributed by atoms with E-state index in [9.17, 15) is 9.18 Å². The molecule has 1 saturated heterocycles. The lowest BCUT2D eigenvalue weighted by Gasteiger charge is -2.16. The summed E-state index contributed by atoms with van der Waals surface area (Å²) in [7, 11) is 0. The first-order valence-electron chi connectivity index (χ1n) is 11.1. The second kappa shape index (κ2) is 10.1. The van der Waals surface area contributed by atoms with Gasteiger partial charge in [0.2, 0.25) is 0 Å². The largest absolute Gasteiger partial charge is 0.488 e. The van der Waals surface area contributed by atoms with Gasteiger partial charge in [0.05, 0.1) is 22.3 Å². The molecule has 0 unspecified atom stereocenters. The zero-order chi connectivity index (χ0) is 24.4. The maximum Gasteiger partial charge on any atom is 0.253 e. The number of ether oxygens (including phenoxy) is 1. The Morgan fingerprint density at radius 3 is 2.66 bits per heavy atom. The Balaban J connectivity index is 1.28. The molecule has 1 atom stereocenters. The molecule has 4 aromatic rings. The summed E-state index contributed by atoms with van der Waals surface area (Å²) in [4.78, 5) is 14.5. The number of halogens is 3. The average molecular weight is 511 g/mol. The molecule has 0 aliphatic carbocycles. The van der Waals surface area contributed by atoms with Crippen molar-refractivity contribution in [1.29, 1.82) is 0 Å². The van der Waals surface area contributed by atoms with E-state index in [1.165, 1.54) is 24.3 Å². The zero-order valence-corrected chi connectivity index (χ0v) is 20.1. The number of likely N-dealkylation sites (tertiary alicyclic amines) is 1. The fourth-order valence-corrected chi connectivity index (χ4v) is 4.41. The fraction of sp³-hybridized carbons (Fsp3) is 0.192. The number of carbonyl (C=O) groups is 1. The van der Waals surface area contributed by atoms with Crippen molar-refractivity contribution in [3.8, 4) is 17.0 Å². The Hall–Kier alpha value is -3.42. The summed E-state index contributed by atoms with van der Waals surface area (Å²) in [6.45, 7) is 1.43. The number of hydrogen-bond donors (Lipinski definition) is 0. The van der Waals surface area contributed by atoms with Crippen LogP contribution in [0.15, 0.2) is 72.9 Å². The number of carbonyl (C=O) groups excluding carboxylic acids is 1. The van der Waals surface area contributed by atoms with Crippen LogP contribution in [0.5, 0.6) is 5.75 Å². The van der Waals surface area contributed by atoms with Gasteiger partial charge in [-0.1, -0.05) is 46.6 Å². The van der Waals surface area contributed by atoms with Gasteiger partial charge in [0.15, 0.2) is 0 Å². The molecular formula is C26H21Cl2FN4O2. The van der Waals surface area contributed by atoms with E-state index in [1.807, 2.05) is 36.5 Å². The smallest absolute Gasteiger partial charge is 0.253 e. The van der Waals surface area contributed by atoms with Gasteiger partial charge < -0.3 is 9.64 Å². The molecule has 5 rings (SSSR count). The first-order valence-corrected chi connectivity index (χ1v) is 11.9. The van der Waals surface area contributed by atoms with Gasteiger partial charge in [0.25, 0.3) is 5.91 Å². The lowest BCUT2D eigenvalue weighted by Crippen LogP contribution is -2.29. The van der Waals surface area contributed by atoms with Gasteiger partial charge in [-0.15, -0.1) is 5.10 Å². The molecule has 1 aromatic heterocycles. The summed E-state index contributed by atoms with van der Waals surface area (Å²) in [6, 6.07) is 18.6. The highest BCUT2D eigenvalue weighted by molar-refractivity contribution is 6.42. The molecule has 3 aromatic carbocycles. The summed E-state index contributed by atoms with van der Waals surface area (Å²) in [5.41, 5.74) is 2.86. The minimum absolute atomic E-state index is 0.00457. The predicted molar refractivity (Wildman–Crippen MR) is 132 cm³/mol. The van der Waals surface area contributed by atoms with Crippen molar-refractivity contribution in [2.45, 2.75) is 19.1 Å². The minimum atomic E-state index is -0.364. The number of aromatic nitrogens is 3. The van der Waals surface area contributed by atoms with Crippen LogP contribution < -0.4 is 4.74 Å². The number of rotatable bonds is 6. The lowest BCUT2D eigenvalue weighted by atomic mass is 10.1. The summed E-state index contributed by atoms with van der Waals surface area (Å²) in [6.07, 6.45) is 2.63. The third-order valence-electron chi connectivity index (χ3n) is 5.97. The standard InChI is InChI=1S/C26H21Cl2FN4O2/c27-22-10-5-17(13-23(22)28)16-35-25-4-2-1-3-21(25)24-15-33(31-30-24)20-11-12-32(14-20)26(34)18-6-8-19(29)9-7-18/h1-10,13,15,20H,11-12,14,16H2/t20-/m0/s1. The van der Waals surface area contributed by atoms with Gasteiger partial charge >= 0.3 is 0 Å². The van der Waals surface area contributed by atoms with Crippen molar-refractivity contribution in [1.82, 2.24) is 19.9 Å². The third-order valence-corrected chi connectivity index (χ3v) is 6.71. The second-order valence-electron chi connectivity index (χ2n) is 8.32. The molecule has 2 heterocycles. The average Bonchev–Trinajstić information content (AvgIpc) is 3.55. The van der Waals surface area contributed by atoms with E-state index in [1.54, 1.807) is 21.7 Å². The first-order chi connectivity index (χ1) is 17.0. The molecule has 35 heavy (non-hydrogen) atoms. The molecule has 1 amide bonds. The molecule has 9 heteroatoms. The lowest BCUT2D eigenvalue weighted by molar-refractivity contribution is 0.0787. The van der Waals surface area contributed by atoms with Gasteiger partial charge in [-0.2, -0.15) is 0 Å². The van der Waals surface area contributed by atoms with Gasteiger partial charge in [0.1, 0.15) is 23.9 Å². The summed E-state index contributed by atoms with van der Waals surface area (Å²) in [5.74, 6) is 0.191. The summed E-state index contributed by atoms with van der Waals surface area (Å²) < 4.78 is 21.0. The molecule has 1 aliphatic heterocycles. The molecule has 0 N–H and O–H groups in total. The number of amides is 1. The number of benzene rings is 3. The first kappa shape index (κ1) is 23.3. The SMILES string of the molecule is O=C(c1ccc(F)cc1)N1CC[C@H](n2cc(-c3ccccc3OCc3ccc(Cl)c(Cl)c3)nn2)C1. The summed E-state index contributed by atoms with van der Waals surface area (Å²) in [5, 5.41) is 9.66. The maximum atomic E-state index is 13.2. The summed E-state index contributed by atoms with van der Waals surface area (Å²) >= 11 is 12.1. The molecular weight excluding hydrogens is 490 g/mol. The van der Waals surface area contributed by atoms with Crippen LogP contribution in [0.4, 0.5) is 4.39 Å². The Bertz CT molecular complexity index is 1360. The Labute approximate surface area is 211 Å². The van der Waals surface area contributed by atoms with E-state index in [4.69, 9.17) is 27.9 Å². The Morgan fingerprint density at radius 2 is 1.86 bits per heavy atom. The predicted octanol–water partition coefficient (Wildman–Crippen LogP) is 6.06. The molecule has 178 valence electrons. The van der Waals surface area contributed by atoms with Crippen molar-refractivity contribution in [2.24, 2.45) is 0 Å². The highest BCUT2D eigenvalue weighted by atomic mass is 35.5. The molecule has 6 nitrogen and oxygen atoms in total. The van der Waals surface area contributed by atoms with Crippen molar-refractivity contribution in [3.05, 3.63) is 99.9 Å². The van der Waals surface area contributed by atoms with Crippen molar-refractivity contribution in [2.75, 3.05) is 13.1 Å². The van der Waals surface area contributed by atoms with Gasteiger partial charge in [0, 0.05) is 24.2 Å². The minimum Gasteiger partial charge on any atom is -0.488 e. The maximum absolute atomic E-state index is 13.2. The van der Waals surface area contributed by atoms with Crippen molar-refractivity contribution < 1.29 is 13.9 Å². The molecule has 0 radical (unpaired) electrons. The number of hydrogen-bond acceptors (Lipinski definition) is 4. The highest BCUT2D eigenvalue weighted by Gasteiger charge is 2.29. The van der Waals surface area contributed by atoms with Gasteiger partial charge in [-0.05, 0) is 60.5 Å². The van der Waals surface area contributed by atoms with Crippen LogP contribution in [-0.4, -0.2) is 38.9 Å². The van der Waals surface area contributed by atoms with Crippen LogP contribution in [-0.2, 0) is 6.61 Å². The van der Waals surface area contributed by atoms with E-state index in [2.05, 4.69) is 10.3 Å². The van der Waals surface area contributed by atoms with Gasteiger partial charge in [-0.25, -0.2) is 9.07 Å². The van der Waals surface area contributed by atoms with Crippen LogP contribution in [0.1, 0.15) is 28.4 Å². The molecule has 1 fully saturated rings. The van der Waals surface area contributed by atoms with Crippen molar-refractivity contribution in [3.63, 3.8) is 0 Å². The van der Waals surface area contributed by atoms with Crippen LogP contribution in [0.2, 0.25) is 10.0 Å². The monoisotopic (exact) mass is 510 g/mol. The van der Waals surface area contributed by atoms with E-state index >= 15 is 0 Å². The molecule has 0 saturated carbocycles. The van der Waals surface area contributed by atoms with E-state index in [0.717, 1.165) is 17.5 Å². The van der Waals surface area contributed by atoms with Crippen LogP contribution >= 0.6 is 23.2 Å². The topological polar surface area (TPSA) is 60.2 Å². The second-order valence-corrected chi connectivity index (χ2v) is 9.13. The van der Waals surface area contributed by atoms with E-state index < -0.39 is 0 Å². The number of para-hydroxylation sites is 1. The molecule has 0 bridgehead atoms. The fourth-order valence-electron chi connectivity index (χ4n) is 4.09. The quantitative estimate of drug-likeness (QED) is 0.316. The zero-order valence-electron chi connectivity index (χ0n) is 18.6. The Morgan fingerprint density at radius 1 is 1.06 bits per heavy atom. The molecule has 0 spiro atoms. The molecule has 1 aliphatic rings. The Kier molecular flexibility index (Phi) is 6.70. The normalized spacial score (nSPS) is 15.4. The van der Waals surface area contributed by atoms with E-state index in [-0.39, 0.29) is 17.8 Å². The van der Waals surface area contributed by atoms with Gasteiger partial charge in [-0.3, -0.25) is 4.79 Å². The van der Waals surface area contributed by atoms with Crippen LogP contribution in [0, 0.1) is 5.82 Å². The van der Waals surface area contributed by atoms with Crippen LogP contribution in [0.25, 0.3) is 11.3 Å².